The van der Waals surface area contributed by atoms with E-state index < -0.39 is 6.10 Å². The van der Waals surface area contributed by atoms with E-state index in [0.717, 1.165) is 18.9 Å². The predicted molar refractivity (Wildman–Crippen MR) is 69.7 cm³/mol. The minimum Gasteiger partial charge on any atom is -0.389 e. The van der Waals surface area contributed by atoms with E-state index in [2.05, 4.69) is 33.2 Å². The fourth-order valence-electron chi connectivity index (χ4n) is 1.25. The molecule has 0 amide bonds. The lowest BCUT2D eigenvalue weighted by Gasteiger charge is -2.13. The molecule has 0 bridgehead atoms. The third-order valence-electron chi connectivity index (χ3n) is 2.22. The van der Waals surface area contributed by atoms with Gasteiger partial charge in [0.1, 0.15) is 0 Å². The second-order valence-electron chi connectivity index (χ2n) is 5.32. The van der Waals surface area contributed by atoms with E-state index in [1.54, 1.807) is 0 Å². The molecule has 0 rings (SSSR count). The van der Waals surface area contributed by atoms with E-state index in [0.29, 0.717) is 25.7 Å². The summed E-state index contributed by atoms with van der Waals surface area (Å²) in [6.45, 7) is 10.7. The first kappa shape index (κ1) is 16.8. The van der Waals surface area contributed by atoms with Crippen LogP contribution in [0.15, 0.2) is 0 Å². The van der Waals surface area contributed by atoms with Crippen molar-refractivity contribution in [2.75, 3.05) is 26.4 Å². The quantitative estimate of drug-likeness (QED) is 0.433. The van der Waals surface area contributed by atoms with Crippen molar-refractivity contribution in [2.45, 2.75) is 46.6 Å². The van der Waals surface area contributed by atoms with Crippen molar-refractivity contribution in [1.29, 1.82) is 0 Å². The average Bonchev–Trinajstić information content (AvgIpc) is 2.23. The molecular formula is C13H29NO3. The van der Waals surface area contributed by atoms with Gasteiger partial charge in [-0.05, 0) is 24.7 Å². The molecule has 0 radical (unpaired) electrons. The van der Waals surface area contributed by atoms with Gasteiger partial charge in [-0.25, -0.2) is 0 Å². The molecule has 0 aromatic rings. The molecule has 0 aliphatic heterocycles. The highest BCUT2D eigenvalue weighted by atomic mass is 16.6. The number of hydroxylamine groups is 1. The number of hydrogen-bond acceptors (Lipinski definition) is 4. The van der Waals surface area contributed by atoms with Crippen LogP contribution >= 0.6 is 0 Å². The van der Waals surface area contributed by atoms with Crippen molar-refractivity contribution in [1.82, 2.24) is 5.48 Å². The number of rotatable bonds is 11. The smallest absolute Gasteiger partial charge is 0.0920 e. The maximum absolute atomic E-state index is 9.56. The van der Waals surface area contributed by atoms with Gasteiger partial charge in [0.15, 0.2) is 0 Å². The minimum absolute atomic E-state index is 0.371. The van der Waals surface area contributed by atoms with Gasteiger partial charge in [-0.3, -0.25) is 0 Å². The monoisotopic (exact) mass is 247 g/mol. The van der Waals surface area contributed by atoms with Crippen LogP contribution in [0.3, 0.4) is 0 Å². The molecule has 0 aliphatic carbocycles. The second kappa shape index (κ2) is 11.0. The maximum Gasteiger partial charge on any atom is 0.0920 e. The molecule has 0 aromatic carbocycles. The van der Waals surface area contributed by atoms with Crippen LogP contribution in [0.5, 0.6) is 0 Å². The van der Waals surface area contributed by atoms with Crippen molar-refractivity contribution >= 4 is 0 Å². The minimum atomic E-state index is -0.499. The number of hydrogen-bond donors (Lipinski definition) is 2. The molecule has 4 heteroatoms. The van der Waals surface area contributed by atoms with E-state index in [4.69, 9.17) is 9.57 Å². The van der Waals surface area contributed by atoms with E-state index in [9.17, 15) is 5.11 Å². The summed E-state index contributed by atoms with van der Waals surface area (Å²) in [4.78, 5) is 5.16. The molecule has 0 aromatic heterocycles. The Morgan fingerprint density at radius 1 is 1.06 bits per heavy atom. The summed E-state index contributed by atoms with van der Waals surface area (Å²) in [5.41, 5.74) is 2.75. The van der Waals surface area contributed by atoms with Crippen LogP contribution in [-0.4, -0.2) is 37.6 Å². The van der Waals surface area contributed by atoms with Crippen LogP contribution < -0.4 is 5.48 Å². The topological polar surface area (TPSA) is 50.7 Å². The first-order valence-electron chi connectivity index (χ1n) is 6.62. The number of aliphatic hydroxyl groups excluding tert-OH is 1. The summed E-state index contributed by atoms with van der Waals surface area (Å²) in [6.07, 6.45) is 1.73. The first-order chi connectivity index (χ1) is 8.02. The van der Waals surface area contributed by atoms with Crippen LogP contribution in [0.25, 0.3) is 0 Å². The Morgan fingerprint density at radius 2 is 1.76 bits per heavy atom. The molecule has 1 atom stereocenters. The fraction of sp³-hybridized carbons (Fsp3) is 1.00. The summed E-state index contributed by atoms with van der Waals surface area (Å²) < 4.78 is 5.38. The predicted octanol–water partition coefficient (Wildman–Crippen LogP) is 1.98. The van der Waals surface area contributed by atoms with Crippen molar-refractivity contribution in [3.63, 3.8) is 0 Å². The summed E-state index contributed by atoms with van der Waals surface area (Å²) >= 11 is 0. The van der Waals surface area contributed by atoms with Gasteiger partial charge in [0.05, 0.1) is 19.3 Å². The molecule has 4 nitrogen and oxygen atoms in total. The first-order valence-corrected chi connectivity index (χ1v) is 6.62. The number of ether oxygens (including phenoxy) is 1. The molecule has 0 aliphatic rings. The molecule has 0 saturated heterocycles. The second-order valence-corrected chi connectivity index (χ2v) is 5.32. The van der Waals surface area contributed by atoms with Crippen molar-refractivity contribution < 1.29 is 14.7 Å². The molecule has 0 spiro atoms. The van der Waals surface area contributed by atoms with E-state index in [1.165, 1.54) is 6.42 Å². The molecule has 2 N–H and O–H groups in total. The highest BCUT2D eigenvalue weighted by Crippen LogP contribution is 2.03. The molecule has 0 fully saturated rings. The van der Waals surface area contributed by atoms with Crippen molar-refractivity contribution in [3.05, 3.63) is 0 Å². The van der Waals surface area contributed by atoms with Gasteiger partial charge >= 0.3 is 0 Å². The SMILES string of the molecule is CC(C)CCCOCC(O)CNOCC(C)C. The van der Waals surface area contributed by atoms with Gasteiger partial charge in [-0.1, -0.05) is 27.7 Å². The van der Waals surface area contributed by atoms with Crippen LogP contribution in [-0.2, 0) is 9.57 Å². The Hall–Kier alpha value is -0.160. The Labute approximate surface area is 106 Å². The third-order valence-corrected chi connectivity index (χ3v) is 2.22. The van der Waals surface area contributed by atoms with E-state index in [1.807, 2.05) is 0 Å². The Morgan fingerprint density at radius 3 is 2.35 bits per heavy atom. The lowest BCUT2D eigenvalue weighted by molar-refractivity contribution is -0.0231. The van der Waals surface area contributed by atoms with Crippen LogP contribution in [0.2, 0.25) is 0 Å². The fourth-order valence-corrected chi connectivity index (χ4v) is 1.25. The van der Waals surface area contributed by atoms with Gasteiger partial charge in [0.25, 0.3) is 0 Å². The zero-order chi connectivity index (χ0) is 13.1. The summed E-state index contributed by atoms with van der Waals surface area (Å²) in [7, 11) is 0. The largest absolute Gasteiger partial charge is 0.389 e. The molecule has 0 heterocycles. The summed E-state index contributed by atoms with van der Waals surface area (Å²) in [6, 6.07) is 0. The summed E-state index contributed by atoms with van der Waals surface area (Å²) in [5, 5.41) is 9.56. The average molecular weight is 247 g/mol. The third kappa shape index (κ3) is 13.8. The molecule has 0 saturated carbocycles. The van der Waals surface area contributed by atoms with E-state index in [-0.39, 0.29) is 0 Å². The lowest BCUT2D eigenvalue weighted by Crippen LogP contribution is -2.31. The maximum atomic E-state index is 9.56. The van der Waals surface area contributed by atoms with Crippen LogP contribution in [0.4, 0.5) is 0 Å². The highest BCUT2D eigenvalue weighted by Gasteiger charge is 2.04. The van der Waals surface area contributed by atoms with Gasteiger partial charge in [0.2, 0.25) is 0 Å². The Bertz CT molecular complexity index is 163. The normalized spacial score (nSPS) is 13.6. The van der Waals surface area contributed by atoms with Crippen molar-refractivity contribution in [2.24, 2.45) is 11.8 Å². The Kier molecular flexibility index (Phi) is 10.9. The molecule has 1 unspecified atom stereocenters. The van der Waals surface area contributed by atoms with Gasteiger partial charge in [-0.15, -0.1) is 0 Å². The van der Waals surface area contributed by atoms with Gasteiger partial charge in [0, 0.05) is 13.2 Å². The number of nitrogens with one attached hydrogen (secondary N) is 1. The Balaban J connectivity index is 3.20. The number of aliphatic hydroxyl groups is 1. The molecular weight excluding hydrogens is 218 g/mol. The standard InChI is InChI=1S/C13H29NO3/c1-11(2)6-5-7-16-10-13(15)8-14-17-9-12(3)4/h11-15H,5-10H2,1-4H3. The zero-order valence-electron chi connectivity index (χ0n) is 11.7. The van der Waals surface area contributed by atoms with Crippen LogP contribution in [0.1, 0.15) is 40.5 Å². The van der Waals surface area contributed by atoms with Crippen molar-refractivity contribution in [3.8, 4) is 0 Å². The van der Waals surface area contributed by atoms with Crippen LogP contribution in [0, 0.1) is 11.8 Å². The summed E-state index contributed by atoms with van der Waals surface area (Å²) in [5.74, 6) is 1.21. The van der Waals surface area contributed by atoms with Gasteiger partial charge < -0.3 is 14.7 Å². The van der Waals surface area contributed by atoms with E-state index >= 15 is 0 Å². The highest BCUT2D eigenvalue weighted by molar-refractivity contribution is 4.54. The molecule has 104 valence electrons. The zero-order valence-corrected chi connectivity index (χ0v) is 11.7. The molecule has 17 heavy (non-hydrogen) atoms. The van der Waals surface area contributed by atoms with Gasteiger partial charge in [-0.2, -0.15) is 5.48 Å². The lowest BCUT2D eigenvalue weighted by atomic mass is 10.1.